The van der Waals surface area contributed by atoms with Crippen molar-refractivity contribution >= 4 is 18.3 Å². The van der Waals surface area contributed by atoms with Crippen molar-refractivity contribution in [1.82, 2.24) is 20.1 Å². The molecule has 0 aliphatic heterocycles. The van der Waals surface area contributed by atoms with Gasteiger partial charge in [-0.05, 0) is 44.4 Å². The maximum absolute atomic E-state index is 12.6. The van der Waals surface area contributed by atoms with Gasteiger partial charge in [0.25, 0.3) is 0 Å². The minimum Gasteiger partial charge on any atom is -0.349 e. The molecule has 25 heavy (non-hydrogen) atoms. The van der Waals surface area contributed by atoms with Crippen molar-refractivity contribution in [1.29, 1.82) is 0 Å². The van der Waals surface area contributed by atoms with Crippen LogP contribution in [0.15, 0.2) is 36.9 Å². The smallest absolute Gasteiger partial charge is 0.225 e. The van der Waals surface area contributed by atoms with E-state index in [-0.39, 0.29) is 30.3 Å². The third-order valence-corrected chi connectivity index (χ3v) is 5.01. The topological polar surface area (TPSA) is 85.8 Å². The molecule has 3 unspecified atom stereocenters. The number of amides is 1. The number of nitrogens with zero attached hydrogens (tertiary/aromatic N) is 3. The van der Waals surface area contributed by atoms with Crippen molar-refractivity contribution in [2.75, 3.05) is 0 Å². The quantitative estimate of drug-likeness (QED) is 0.874. The molecule has 1 aromatic heterocycles. The minimum atomic E-state index is -0.404. The van der Waals surface area contributed by atoms with E-state index < -0.39 is 5.54 Å². The van der Waals surface area contributed by atoms with Crippen LogP contribution in [0.5, 0.6) is 0 Å². The largest absolute Gasteiger partial charge is 0.349 e. The van der Waals surface area contributed by atoms with Gasteiger partial charge in [-0.25, -0.2) is 9.67 Å². The van der Waals surface area contributed by atoms with Gasteiger partial charge >= 0.3 is 0 Å². The van der Waals surface area contributed by atoms with E-state index in [2.05, 4.69) is 15.4 Å². The highest BCUT2D eigenvalue weighted by Crippen LogP contribution is 2.32. The summed E-state index contributed by atoms with van der Waals surface area (Å²) in [4.78, 5) is 16.6. The molecule has 2 aromatic rings. The lowest BCUT2D eigenvalue weighted by Gasteiger charge is -2.37. The fourth-order valence-electron chi connectivity index (χ4n) is 3.44. The molecule has 1 aliphatic carbocycles. The first-order valence-corrected chi connectivity index (χ1v) is 8.51. The third-order valence-electron chi connectivity index (χ3n) is 5.01. The van der Waals surface area contributed by atoms with Crippen molar-refractivity contribution in [3.63, 3.8) is 0 Å². The molecule has 3 N–H and O–H groups in total. The SMILES string of the molecule is CC(NC(=O)C1CCCCC1(C)N)c1ccc(-n2cncn2)cc1.Cl. The Morgan fingerprint density at radius 2 is 2.08 bits per heavy atom. The van der Waals surface area contributed by atoms with Gasteiger partial charge in [-0.2, -0.15) is 5.10 Å². The van der Waals surface area contributed by atoms with Crippen LogP contribution in [0.3, 0.4) is 0 Å². The molecule has 1 amide bonds. The van der Waals surface area contributed by atoms with Crippen LogP contribution in [-0.4, -0.2) is 26.2 Å². The summed E-state index contributed by atoms with van der Waals surface area (Å²) in [5, 5.41) is 7.23. The first kappa shape index (κ1) is 19.4. The third kappa shape index (κ3) is 4.38. The zero-order chi connectivity index (χ0) is 17.2. The molecule has 3 atom stereocenters. The molecule has 1 heterocycles. The van der Waals surface area contributed by atoms with E-state index in [4.69, 9.17) is 5.73 Å². The number of carbonyl (C=O) groups is 1. The van der Waals surface area contributed by atoms with Gasteiger partial charge in [-0.15, -0.1) is 12.4 Å². The number of aromatic nitrogens is 3. The maximum atomic E-state index is 12.6. The molecule has 1 fully saturated rings. The summed E-state index contributed by atoms with van der Waals surface area (Å²) in [7, 11) is 0. The van der Waals surface area contributed by atoms with Gasteiger partial charge in [-0.1, -0.05) is 25.0 Å². The van der Waals surface area contributed by atoms with Gasteiger partial charge in [0.15, 0.2) is 0 Å². The normalized spacial score (nSPS) is 24.2. The Morgan fingerprint density at radius 1 is 1.36 bits per heavy atom. The Balaban J connectivity index is 0.00000225. The fraction of sp³-hybridized carbons (Fsp3) is 0.500. The summed E-state index contributed by atoms with van der Waals surface area (Å²) in [6.45, 7) is 3.99. The molecule has 6 nitrogen and oxygen atoms in total. The van der Waals surface area contributed by atoms with Crippen LogP contribution in [-0.2, 0) is 4.79 Å². The van der Waals surface area contributed by atoms with E-state index in [0.29, 0.717) is 0 Å². The molecule has 7 heteroatoms. The molecule has 136 valence electrons. The van der Waals surface area contributed by atoms with Crippen molar-refractivity contribution < 1.29 is 4.79 Å². The second-order valence-corrected chi connectivity index (χ2v) is 6.97. The lowest BCUT2D eigenvalue weighted by molar-refractivity contribution is -0.128. The van der Waals surface area contributed by atoms with Crippen molar-refractivity contribution in [3.8, 4) is 5.69 Å². The lowest BCUT2D eigenvalue weighted by Crippen LogP contribution is -2.53. The molecule has 1 aliphatic rings. The molecular formula is C18H26ClN5O. The maximum Gasteiger partial charge on any atom is 0.225 e. The molecule has 0 spiro atoms. The Morgan fingerprint density at radius 3 is 2.68 bits per heavy atom. The zero-order valence-corrected chi connectivity index (χ0v) is 15.5. The highest BCUT2D eigenvalue weighted by atomic mass is 35.5. The predicted molar refractivity (Wildman–Crippen MR) is 99.7 cm³/mol. The van der Waals surface area contributed by atoms with E-state index in [1.165, 1.54) is 6.33 Å². The Labute approximate surface area is 154 Å². The van der Waals surface area contributed by atoms with Gasteiger partial charge in [0.2, 0.25) is 5.91 Å². The number of halogens is 1. The molecular weight excluding hydrogens is 338 g/mol. The molecule has 0 saturated heterocycles. The fourth-order valence-corrected chi connectivity index (χ4v) is 3.44. The second-order valence-electron chi connectivity index (χ2n) is 6.97. The standard InChI is InChI=1S/C18H25N5O.ClH/c1-13(22-17(24)16-5-3-4-10-18(16,2)19)14-6-8-15(9-7-14)23-12-20-11-21-23;/h6-9,11-13,16H,3-5,10,19H2,1-2H3,(H,22,24);1H. The summed E-state index contributed by atoms with van der Waals surface area (Å²) >= 11 is 0. The molecule has 1 aromatic carbocycles. The first-order chi connectivity index (χ1) is 11.5. The molecule has 0 bridgehead atoms. The number of nitrogens with one attached hydrogen (secondary N) is 1. The number of nitrogens with two attached hydrogens (primary N) is 1. The highest BCUT2D eigenvalue weighted by Gasteiger charge is 2.38. The molecule has 0 radical (unpaired) electrons. The lowest BCUT2D eigenvalue weighted by atomic mass is 9.74. The van der Waals surface area contributed by atoms with Crippen LogP contribution in [0.25, 0.3) is 5.69 Å². The number of hydrogen-bond acceptors (Lipinski definition) is 4. The van der Waals surface area contributed by atoms with Gasteiger partial charge < -0.3 is 11.1 Å². The van der Waals surface area contributed by atoms with Crippen LogP contribution in [0, 0.1) is 5.92 Å². The number of benzene rings is 1. The van der Waals surface area contributed by atoms with Crippen LogP contribution in [0.2, 0.25) is 0 Å². The summed E-state index contributed by atoms with van der Waals surface area (Å²) < 4.78 is 1.70. The van der Waals surface area contributed by atoms with Gasteiger partial charge in [-0.3, -0.25) is 4.79 Å². The van der Waals surface area contributed by atoms with E-state index in [9.17, 15) is 4.79 Å². The van der Waals surface area contributed by atoms with Crippen molar-refractivity contribution in [2.45, 2.75) is 51.1 Å². The van der Waals surface area contributed by atoms with E-state index in [1.807, 2.05) is 38.1 Å². The zero-order valence-electron chi connectivity index (χ0n) is 14.7. The van der Waals surface area contributed by atoms with Crippen LogP contribution in [0.4, 0.5) is 0 Å². The second kappa shape index (κ2) is 7.97. The average Bonchev–Trinajstić information content (AvgIpc) is 3.09. The van der Waals surface area contributed by atoms with Crippen LogP contribution in [0.1, 0.15) is 51.1 Å². The summed E-state index contributed by atoms with van der Waals surface area (Å²) in [6.07, 6.45) is 7.13. The van der Waals surface area contributed by atoms with Crippen molar-refractivity contribution in [3.05, 3.63) is 42.5 Å². The number of hydrogen-bond donors (Lipinski definition) is 2. The Hall–Kier alpha value is -1.92. The molecule has 3 rings (SSSR count). The van der Waals surface area contributed by atoms with E-state index in [1.54, 1.807) is 11.0 Å². The predicted octanol–water partition coefficient (Wildman–Crippen LogP) is 2.77. The Kier molecular flexibility index (Phi) is 6.19. The Bertz CT molecular complexity index is 684. The van der Waals surface area contributed by atoms with E-state index in [0.717, 1.165) is 36.9 Å². The summed E-state index contributed by atoms with van der Waals surface area (Å²) in [5.41, 5.74) is 7.93. The van der Waals surface area contributed by atoms with Crippen molar-refractivity contribution in [2.24, 2.45) is 11.7 Å². The van der Waals surface area contributed by atoms with Crippen LogP contribution >= 0.6 is 12.4 Å². The molecule has 1 saturated carbocycles. The van der Waals surface area contributed by atoms with Gasteiger partial charge in [0, 0.05) is 5.54 Å². The van der Waals surface area contributed by atoms with Gasteiger partial charge in [0.05, 0.1) is 17.6 Å². The summed E-state index contributed by atoms with van der Waals surface area (Å²) in [6, 6.07) is 7.90. The average molecular weight is 364 g/mol. The van der Waals surface area contributed by atoms with Crippen LogP contribution < -0.4 is 11.1 Å². The minimum absolute atomic E-state index is 0. The highest BCUT2D eigenvalue weighted by molar-refractivity contribution is 5.85. The summed E-state index contributed by atoms with van der Waals surface area (Å²) in [5.74, 6) is -0.0457. The van der Waals surface area contributed by atoms with E-state index >= 15 is 0 Å². The number of rotatable bonds is 4. The number of carbonyl (C=O) groups excluding carboxylic acids is 1. The first-order valence-electron chi connectivity index (χ1n) is 8.51. The van der Waals surface area contributed by atoms with Gasteiger partial charge in [0.1, 0.15) is 12.7 Å². The monoisotopic (exact) mass is 363 g/mol.